The van der Waals surface area contributed by atoms with Gasteiger partial charge in [-0.15, -0.1) is 0 Å². The molecule has 84 valence electrons. The maximum absolute atomic E-state index is 11.7. The number of alkyl halides is 3. The van der Waals surface area contributed by atoms with Crippen molar-refractivity contribution in [1.82, 2.24) is 9.97 Å². The van der Waals surface area contributed by atoms with E-state index in [-0.39, 0.29) is 16.9 Å². The lowest BCUT2D eigenvalue weighted by Crippen LogP contribution is -2.18. The van der Waals surface area contributed by atoms with Gasteiger partial charge >= 0.3 is 6.18 Å². The summed E-state index contributed by atoms with van der Waals surface area (Å²) in [7, 11) is 0. The Morgan fingerprint density at radius 3 is 2.73 bits per heavy atom. The second-order valence-electron chi connectivity index (χ2n) is 2.61. The van der Waals surface area contributed by atoms with Crippen molar-refractivity contribution in [3.8, 4) is 0 Å². The lowest BCUT2D eigenvalue weighted by atomic mass is 10.5. The molecule has 0 aliphatic heterocycles. The normalized spacial score (nSPS) is 11.7. The Bertz CT molecular complexity index is 391. The fraction of sp³-hybridized carbons (Fsp3) is 0.429. The van der Waals surface area contributed by atoms with Crippen molar-refractivity contribution in [2.45, 2.75) is 12.8 Å². The van der Waals surface area contributed by atoms with Crippen molar-refractivity contribution in [1.29, 1.82) is 0 Å². The summed E-state index contributed by atoms with van der Waals surface area (Å²) in [6.07, 6.45) is -3.18. The maximum atomic E-state index is 11.7. The van der Waals surface area contributed by atoms with E-state index in [9.17, 15) is 18.0 Å². The predicted molar refractivity (Wildman–Crippen MR) is 48.3 cm³/mol. The molecule has 4 nitrogen and oxygen atoms in total. The largest absolute Gasteiger partial charge is 0.411 e. The molecule has 0 aliphatic carbocycles. The van der Waals surface area contributed by atoms with Gasteiger partial charge in [-0.25, -0.2) is 4.98 Å². The average molecular weight is 287 g/mol. The number of rotatable bonds is 3. The molecule has 0 unspecified atom stereocenters. The van der Waals surface area contributed by atoms with E-state index in [2.05, 4.69) is 30.6 Å². The molecule has 1 heterocycles. The second kappa shape index (κ2) is 4.75. The van der Waals surface area contributed by atoms with Gasteiger partial charge in [-0.1, -0.05) is 0 Å². The van der Waals surface area contributed by atoms with Gasteiger partial charge in [-0.2, -0.15) is 13.2 Å². The quantitative estimate of drug-likeness (QED) is 0.919. The molecule has 0 amide bonds. The van der Waals surface area contributed by atoms with Gasteiger partial charge in [-0.05, 0) is 15.9 Å². The summed E-state index contributed by atoms with van der Waals surface area (Å²) in [6, 6.07) is 0. The van der Waals surface area contributed by atoms with E-state index in [0.29, 0.717) is 0 Å². The Morgan fingerprint density at radius 1 is 1.53 bits per heavy atom. The molecule has 0 fully saturated rings. The van der Waals surface area contributed by atoms with Gasteiger partial charge in [0, 0.05) is 6.20 Å². The number of hydrogen-bond acceptors (Lipinski definition) is 3. The Balaban J connectivity index is 2.52. The van der Waals surface area contributed by atoms with Crippen molar-refractivity contribution >= 4 is 15.9 Å². The van der Waals surface area contributed by atoms with Crippen molar-refractivity contribution in [2.24, 2.45) is 0 Å². The zero-order valence-electron chi connectivity index (χ0n) is 7.27. The molecule has 0 aliphatic rings. The molecule has 0 spiro atoms. The minimum absolute atomic E-state index is 0.0486. The van der Waals surface area contributed by atoms with Crippen LogP contribution in [0.5, 0.6) is 0 Å². The molecule has 1 rings (SSSR count). The molecular formula is C7H6BrF3N2O2. The SMILES string of the molecule is O=c1[nH]c(COCC(F)(F)F)ncc1Br. The topological polar surface area (TPSA) is 55.0 Å². The van der Waals surface area contributed by atoms with Crippen LogP contribution in [-0.4, -0.2) is 22.8 Å². The summed E-state index contributed by atoms with van der Waals surface area (Å²) in [5.74, 6) is 0.0486. The highest BCUT2D eigenvalue weighted by atomic mass is 79.9. The van der Waals surface area contributed by atoms with Crippen LogP contribution in [0.3, 0.4) is 0 Å². The Morgan fingerprint density at radius 2 is 2.20 bits per heavy atom. The van der Waals surface area contributed by atoms with Crippen LogP contribution in [-0.2, 0) is 11.3 Å². The minimum Gasteiger partial charge on any atom is -0.364 e. The monoisotopic (exact) mass is 286 g/mol. The van der Waals surface area contributed by atoms with Crippen LogP contribution < -0.4 is 5.56 Å². The zero-order chi connectivity index (χ0) is 11.5. The number of ether oxygens (including phenoxy) is 1. The first-order chi connectivity index (χ1) is 6.88. The second-order valence-corrected chi connectivity index (χ2v) is 3.47. The van der Waals surface area contributed by atoms with Gasteiger partial charge in [0.1, 0.15) is 23.5 Å². The number of nitrogens with one attached hydrogen (secondary N) is 1. The first-order valence-corrected chi connectivity index (χ1v) is 4.56. The molecule has 0 bridgehead atoms. The number of aromatic nitrogens is 2. The van der Waals surface area contributed by atoms with Crippen LogP contribution in [0.25, 0.3) is 0 Å². The molecule has 8 heteroatoms. The summed E-state index contributed by atoms with van der Waals surface area (Å²) in [5, 5.41) is 0. The molecule has 0 saturated carbocycles. The maximum Gasteiger partial charge on any atom is 0.411 e. The highest BCUT2D eigenvalue weighted by molar-refractivity contribution is 9.10. The van der Waals surface area contributed by atoms with Crippen LogP contribution >= 0.6 is 15.9 Å². The molecular weight excluding hydrogens is 281 g/mol. The van der Waals surface area contributed by atoms with E-state index < -0.39 is 18.3 Å². The Kier molecular flexibility index (Phi) is 3.86. The van der Waals surface area contributed by atoms with Gasteiger partial charge in [-0.3, -0.25) is 4.79 Å². The van der Waals surface area contributed by atoms with E-state index >= 15 is 0 Å². The van der Waals surface area contributed by atoms with Crippen LogP contribution in [0.2, 0.25) is 0 Å². The molecule has 0 atom stereocenters. The molecule has 1 aromatic heterocycles. The zero-order valence-corrected chi connectivity index (χ0v) is 8.85. The van der Waals surface area contributed by atoms with Crippen LogP contribution in [0.15, 0.2) is 15.5 Å². The van der Waals surface area contributed by atoms with Gasteiger partial charge < -0.3 is 9.72 Å². The smallest absolute Gasteiger partial charge is 0.364 e. The lowest BCUT2D eigenvalue weighted by molar-refractivity contribution is -0.177. The molecule has 15 heavy (non-hydrogen) atoms. The molecule has 1 N–H and O–H groups in total. The van der Waals surface area contributed by atoms with Gasteiger partial charge in [0.15, 0.2) is 0 Å². The van der Waals surface area contributed by atoms with Crippen molar-refractivity contribution in [2.75, 3.05) is 6.61 Å². The summed E-state index contributed by atoms with van der Waals surface area (Å²) in [4.78, 5) is 16.9. The van der Waals surface area contributed by atoms with Crippen LogP contribution in [0.4, 0.5) is 13.2 Å². The van der Waals surface area contributed by atoms with Crippen molar-refractivity contribution in [3.63, 3.8) is 0 Å². The fourth-order valence-corrected chi connectivity index (χ4v) is 0.955. The summed E-state index contributed by atoms with van der Waals surface area (Å²) < 4.78 is 39.5. The lowest BCUT2D eigenvalue weighted by Gasteiger charge is -2.06. The summed E-state index contributed by atoms with van der Waals surface area (Å²) in [6.45, 7) is -1.76. The van der Waals surface area contributed by atoms with E-state index in [1.54, 1.807) is 0 Å². The van der Waals surface area contributed by atoms with Crippen molar-refractivity contribution in [3.05, 3.63) is 26.8 Å². The first kappa shape index (κ1) is 12.2. The number of H-pyrrole nitrogens is 1. The van der Waals surface area contributed by atoms with Crippen LogP contribution in [0, 0.1) is 0 Å². The van der Waals surface area contributed by atoms with Gasteiger partial charge in [0.2, 0.25) is 0 Å². The summed E-state index contributed by atoms with van der Waals surface area (Å²) in [5.41, 5.74) is -0.462. The van der Waals surface area contributed by atoms with Crippen molar-refractivity contribution < 1.29 is 17.9 Å². The predicted octanol–water partition coefficient (Wildman–Crippen LogP) is 1.61. The average Bonchev–Trinajstić information content (AvgIpc) is 2.09. The van der Waals surface area contributed by atoms with E-state index in [4.69, 9.17) is 0 Å². The number of nitrogens with zero attached hydrogens (tertiary/aromatic N) is 1. The highest BCUT2D eigenvalue weighted by Gasteiger charge is 2.27. The van der Waals surface area contributed by atoms with E-state index in [1.165, 1.54) is 6.20 Å². The fourth-order valence-electron chi connectivity index (χ4n) is 0.753. The number of halogens is 4. The standard InChI is InChI=1S/C7H6BrF3N2O2/c8-4-1-12-5(13-6(4)14)2-15-3-7(9,10)11/h1H,2-3H2,(H,12,13,14). The van der Waals surface area contributed by atoms with E-state index in [1.807, 2.05) is 0 Å². The number of hydrogen-bond donors (Lipinski definition) is 1. The molecule has 1 aromatic rings. The summed E-state index contributed by atoms with van der Waals surface area (Å²) >= 11 is 2.90. The Hall–Kier alpha value is -0.890. The molecule has 0 saturated heterocycles. The molecule has 0 radical (unpaired) electrons. The first-order valence-electron chi connectivity index (χ1n) is 3.76. The van der Waals surface area contributed by atoms with Gasteiger partial charge in [0.05, 0.1) is 0 Å². The minimum atomic E-state index is -4.38. The third-order valence-corrected chi connectivity index (χ3v) is 1.88. The Labute approximate surface area is 90.6 Å². The molecule has 0 aromatic carbocycles. The van der Waals surface area contributed by atoms with Gasteiger partial charge in [0.25, 0.3) is 5.56 Å². The third kappa shape index (κ3) is 4.43. The highest BCUT2D eigenvalue weighted by Crippen LogP contribution is 2.14. The number of aromatic amines is 1. The van der Waals surface area contributed by atoms with E-state index in [0.717, 1.165) is 0 Å². The third-order valence-electron chi connectivity index (χ3n) is 1.31. The van der Waals surface area contributed by atoms with Crippen LogP contribution in [0.1, 0.15) is 5.82 Å².